The standard InChI is InChI=1S/C14H28N2O3/c1-4-6-12(7-8-13(17)18)9-10-15-14(19)16(3)11-5-2/h12H,4-11H2,1-3H3,(H,15,19)(H,17,18). The van der Waals surface area contributed by atoms with E-state index in [2.05, 4.69) is 12.2 Å². The number of hydrogen-bond donors (Lipinski definition) is 2. The normalized spacial score (nSPS) is 11.9. The lowest BCUT2D eigenvalue weighted by molar-refractivity contribution is -0.137. The molecule has 0 aromatic carbocycles. The number of urea groups is 1. The summed E-state index contributed by atoms with van der Waals surface area (Å²) in [5.74, 6) is -0.356. The zero-order chi connectivity index (χ0) is 14.7. The van der Waals surface area contributed by atoms with Crippen LogP contribution in [0.4, 0.5) is 4.79 Å². The van der Waals surface area contributed by atoms with E-state index in [0.29, 0.717) is 18.9 Å². The number of amides is 2. The molecule has 1 atom stereocenters. The molecule has 0 rings (SSSR count). The number of rotatable bonds is 10. The average molecular weight is 272 g/mol. The molecule has 5 heteroatoms. The summed E-state index contributed by atoms with van der Waals surface area (Å²) in [7, 11) is 1.78. The highest BCUT2D eigenvalue weighted by atomic mass is 16.4. The summed E-state index contributed by atoms with van der Waals surface area (Å²) in [6.45, 7) is 5.51. The molecule has 0 heterocycles. The molecule has 0 spiro atoms. The Balaban J connectivity index is 3.90. The highest BCUT2D eigenvalue weighted by molar-refractivity contribution is 5.73. The second-order valence-electron chi connectivity index (χ2n) is 5.03. The van der Waals surface area contributed by atoms with Crippen molar-refractivity contribution in [3.05, 3.63) is 0 Å². The number of carboxylic acids is 1. The Hall–Kier alpha value is -1.26. The molecule has 112 valence electrons. The topological polar surface area (TPSA) is 69.6 Å². The first-order valence-electron chi connectivity index (χ1n) is 7.21. The van der Waals surface area contributed by atoms with Crippen LogP contribution in [0.5, 0.6) is 0 Å². The third kappa shape index (κ3) is 9.33. The van der Waals surface area contributed by atoms with Crippen LogP contribution in [0.15, 0.2) is 0 Å². The van der Waals surface area contributed by atoms with Crippen LogP contribution < -0.4 is 5.32 Å². The molecule has 1 unspecified atom stereocenters. The Labute approximate surface area is 116 Å². The molecule has 0 aliphatic heterocycles. The molecule has 0 radical (unpaired) electrons. The molecule has 0 saturated heterocycles. The Morgan fingerprint density at radius 2 is 1.84 bits per heavy atom. The maximum Gasteiger partial charge on any atom is 0.317 e. The largest absolute Gasteiger partial charge is 0.481 e. The number of carbonyl (C=O) groups excluding carboxylic acids is 1. The molecule has 0 fully saturated rings. The molecule has 2 N–H and O–H groups in total. The van der Waals surface area contributed by atoms with Crippen molar-refractivity contribution in [2.24, 2.45) is 5.92 Å². The highest BCUT2D eigenvalue weighted by Crippen LogP contribution is 2.17. The van der Waals surface area contributed by atoms with Crippen molar-refractivity contribution in [2.75, 3.05) is 20.1 Å². The van der Waals surface area contributed by atoms with Crippen LogP contribution in [-0.2, 0) is 4.79 Å². The van der Waals surface area contributed by atoms with Crippen LogP contribution in [0.2, 0.25) is 0 Å². The van der Waals surface area contributed by atoms with Gasteiger partial charge in [0.05, 0.1) is 0 Å². The van der Waals surface area contributed by atoms with Crippen molar-refractivity contribution in [1.82, 2.24) is 10.2 Å². The maximum absolute atomic E-state index is 11.7. The van der Waals surface area contributed by atoms with Gasteiger partial charge in [-0.05, 0) is 25.2 Å². The summed E-state index contributed by atoms with van der Waals surface area (Å²) in [6, 6.07) is -0.0460. The summed E-state index contributed by atoms with van der Waals surface area (Å²) in [5, 5.41) is 11.6. The second kappa shape index (κ2) is 10.6. The summed E-state index contributed by atoms with van der Waals surface area (Å²) in [6.07, 6.45) is 4.79. The van der Waals surface area contributed by atoms with Gasteiger partial charge in [0.1, 0.15) is 0 Å². The molecule has 5 nitrogen and oxygen atoms in total. The lowest BCUT2D eigenvalue weighted by atomic mass is 9.94. The Bertz CT molecular complexity index is 269. The number of hydrogen-bond acceptors (Lipinski definition) is 2. The molecule has 0 aromatic heterocycles. The Morgan fingerprint density at radius 3 is 2.37 bits per heavy atom. The summed E-state index contributed by atoms with van der Waals surface area (Å²) in [4.78, 5) is 23.9. The maximum atomic E-state index is 11.7. The molecule has 19 heavy (non-hydrogen) atoms. The molecular formula is C14H28N2O3. The fraction of sp³-hybridized carbons (Fsp3) is 0.857. The number of carbonyl (C=O) groups is 2. The van der Waals surface area contributed by atoms with Crippen LogP contribution in [0.25, 0.3) is 0 Å². The minimum atomic E-state index is -0.743. The summed E-state index contributed by atoms with van der Waals surface area (Å²) < 4.78 is 0. The average Bonchev–Trinajstić information content (AvgIpc) is 2.35. The molecule has 2 amide bonds. The third-order valence-corrected chi connectivity index (χ3v) is 3.20. The molecule has 0 bridgehead atoms. The summed E-state index contributed by atoms with van der Waals surface area (Å²) in [5.41, 5.74) is 0. The van der Waals surface area contributed by atoms with Crippen LogP contribution in [0.3, 0.4) is 0 Å². The van der Waals surface area contributed by atoms with Crippen LogP contribution in [0, 0.1) is 5.92 Å². The van der Waals surface area contributed by atoms with Gasteiger partial charge >= 0.3 is 12.0 Å². The van der Waals surface area contributed by atoms with Gasteiger partial charge in [-0.15, -0.1) is 0 Å². The number of nitrogens with one attached hydrogen (secondary N) is 1. The smallest absolute Gasteiger partial charge is 0.317 e. The van der Waals surface area contributed by atoms with Crippen molar-refractivity contribution in [2.45, 2.75) is 52.4 Å². The van der Waals surface area contributed by atoms with Gasteiger partial charge in [-0.25, -0.2) is 4.79 Å². The number of carboxylic acid groups (broad SMARTS) is 1. The van der Waals surface area contributed by atoms with E-state index >= 15 is 0 Å². The van der Waals surface area contributed by atoms with Crippen LogP contribution in [-0.4, -0.2) is 42.1 Å². The lowest BCUT2D eigenvalue weighted by Gasteiger charge is -2.19. The second-order valence-corrected chi connectivity index (χ2v) is 5.03. The predicted octanol–water partition coefficient (Wildman–Crippen LogP) is 2.71. The Morgan fingerprint density at radius 1 is 1.16 bits per heavy atom. The quantitative estimate of drug-likeness (QED) is 0.642. The van der Waals surface area contributed by atoms with Crippen molar-refractivity contribution in [1.29, 1.82) is 0 Å². The lowest BCUT2D eigenvalue weighted by Crippen LogP contribution is -2.38. The van der Waals surface area contributed by atoms with Gasteiger partial charge in [0, 0.05) is 26.6 Å². The van der Waals surface area contributed by atoms with E-state index in [1.165, 1.54) is 0 Å². The van der Waals surface area contributed by atoms with E-state index in [-0.39, 0.29) is 12.5 Å². The molecule has 0 aliphatic rings. The van der Waals surface area contributed by atoms with E-state index in [0.717, 1.165) is 32.2 Å². The first-order chi connectivity index (χ1) is 9.01. The van der Waals surface area contributed by atoms with Gasteiger partial charge in [0.15, 0.2) is 0 Å². The van der Waals surface area contributed by atoms with Gasteiger partial charge in [0.2, 0.25) is 0 Å². The van der Waals surface area contributed by atoms with Crippen molar-refractivity contribution >= 4 is 12.0 Å². The number of nitrogens with zero attached hydrogens (tertiary/aromatic N) is 1. The van der Waals surface area contributed by atoms with E-state index < -0.39 is 5.97 Å². The first kappa shape index (κ1) is 17.7. The van der Waals surface area contributed by atoms with E-state index in [9.17, 15) is 9.59 Å². The SMILES string of the molecule is CCCC(CCNC(=O)N(C)CCC)CCC(=O)O. The van der Waals surface area contributed by atoms with E-state index in [1.807, 2.05) is 6.92 Å². The monoisotopic (exact) mass is 272 g/mol. The molecule has 0 saturated carbocycles. The predicted molar refractivity (Wildman–Crippen MR) is 76.2 cm³/mol. The molecular weight excluding hydrogens is 244 g/mol. The van der Waals surface area contributed by atoms with E-state index in [4.69, 9.17) is 5.11 Å². The summed E-state index contributed by atoms with van der Waals surface area (Å²) >= 11 is 0. The zero-order valence-corrected chi connectivity index (χ0v) is 12.4. The van der Waals surface area contributed by atoms with Gasteiger partial charge in [-0.3, -0.25) is 4.79 Å². The van der Waals surface area contributed by atoms with E-state index in [1.54, 1.807) is 11.9 Å². The van der Waals surface area contributed by atoms with Crippen LogP contribution >= 0.6 is 0 Å². The van der Waals surface area contributed by atoms with Gasteiger partial charge < -0.3 is 15.3 Å². The minimum absolute atomic E-state index is 0.0460. The van der Waals surface area contributed by atoms with Gasteiger partial charge in [-0.2, -0.15) is 0 Å². The zero-order valence-electron chi connectivity index (χ0n) is 12.4. The minimum Gasteiger partial charge on any atom is -0.481 e. The first-order valence-corrected chi connectivity index (χ1v) is 7.21. The third-order valence-electron chi connectivity index (χ3n) is 3.20. The van der Waals surface area contributed by atoms with Crippen molar-refractivity contribution in [3.63, 3.8) is 0 Å². The van der Waals surface area contributed by atoms with Crippen molar-refractivity contribution < 1.29 is 14.7 Å². The molecule has 0 aliphatic carbocycles. The fourth-order valence-corrected chi connectivity index (χ4v) is 2.12. The molecule has 0 aromatic rings. The number of aliphatic carboxylic acids is 1. The van der Waals surface area contributed by atoms with Gasteiger partial charge in [-0.1, -0.05) is 26.7 Å². The van der Waals surface area contributed by atoms with Crippen LogP contribution in [0.1, 0.15) is 52.4 Å². The Kier molecular flexibility index (Phi) is 9.94. The highest BCUT2D eigenvalue weighted by Gasteiger charge is 2.12. The van der Waals surface area contributed by atoms with Gasteiger partial charge in [0.25, 0.3) is 0 Å². The fourth-order valence-electron chi connectivity index (χ4n) is 2.12. The van der Waals surface area contributed by atoms with Crippen molar-refractivity contribution in [3.8, 4) is 0 Å².